The molecule has 2 aromatic rings. The number of aromatic nitrogens is 2. The summed E-state index contributed by atoms with van der Waals surface area (Å²) in [5.41, 5.74) is 5.98. The Balaban J connectivity index is 2.76. The van der Waals surface area contributed by atoms with E-state index in [2.05, 4.69) is 25.9 Å². The predicted molar refractivity (Wildman–Crippen MR) is 56.3 cm³/mol. The molecule has 0 radical (unpaired) electrons. The zero-order valence-corrected chi connectivity index (χ0v) is 9.40. The second-order valence-electron chi connectivity index (χ2n) is 3.29. The lowest BCUT2D eigenvalue weighted by atomic mass is 10.3. The summed E-state index contributed by atoms with van der Waals surface area (Å²) in [6.45, 7) is 1.71. The average molecular weight is 276 g/mol. The molecule has 1 heterocycles. The van der Waals surface area contributed by atoms with Crippen molar-refractivity contribution in [2.75, 3.05) is 0 Å². The largest absolute Gasteiger partial charge is 0.340 e. The molecule has 15 heavy (non-hydrogen) atoms. The average Bonchev–Trinajstić information content (AvgIpc) is 2.58. The fourth-order valence-corrected chi connectivity index (χ4v) is 1.59. The maximum absolute atomic E-state index is 13.5. The molecule has 0 saturated heterocycles. The standard InChI is InChI=1S/C9H8BrF2N3/c1-3(13)9-14-5-2-4(11)6(10)7(12)8(5)15-9/h2-3H,13H2,1H3,(H,14,15)/t3-/m0/s1. The van der Waals surface area contributed by atoms with Crippen molar-refractivity contribution in [3.63, 3.8) is 0 Å². The van der Waals surface area contributed by atoms with Crippen molar-refractivity contribution in [2.45, 2.75) is 13.0 Å². The van der Waals surface area contributed by atoms with Crippen LogP contribution in [0, 0.1) is 11.6 Å². The summed E-state index contributed by atoms with van der Waals surface area (Å²) < 4.78 is 26.5. The van der Waals surface area contributed by atoms with E-state index in [0.717, 1.165) is 0 Å². The number of nitrogens with two attached hydrogens (primary N) is 1. The first-order valence-electron chi connectivity index (χ1n) is 4.29. The molecule has 0 bridgehead atoms. The maximum atomic E-state index is 13.5. The molecule has 0 saturated carbocycles. The van der Waals surface area contributed by atoms with Gasteiger partial charge in [0, 0.05) is 6.07 Å². The van der Waals surface area contributed by atoms with Crippen LogP contribution in [0.5, 0.6) is 0 Å². The number of halogens is 3. The third-order valence-electron chi connectivity index (χ3n) is 2.06. The Bertz CT molecular complexity index is 522. The van der Waals surface area contributed by atoms with E-state index in [1.165, 1.54) is 6.07 Å². The van der Waals surface area contributed by atoms with Gasteiger partial charge in [-0.25, -0.2) is 13.8 Å². The van der Waals surface area contributed by atoms with Gasteiger partial charge in [-0.3, -0.25) is 0 Å². The third-order valence-corrected chi connectivity index (χ3v) is 2.79. The predicted octanol–water partition coefficient (Wildman–Crippen LogP) is 2.62. The number of aromatic amines is 1. The summed E-state index contributed by atoms with van der Waals surface area (Å²) in [5, 5.41) is 0. The number of fused-ring (bicyclic) bond motifs is 1. The van der Waals surface area contributed by atoms with Crippen molar-refractivity contribution in [2.24, 2.45) is 5.73 Å². The van der Waals surface area contributed by atoms with Crippen LogP contribution in [0.3, 0.4) is 0 Å². The van der Waals surface area contributed by atoms with Crippen LogP contribution in [-0.2, 0) is 0 Å². The first kappa shape index (κ1) is 10.5. The number of rotatable bonds is 1. The molecule has 0 aliphatic rings. The van der Waals surface area contributed by atoms with Gasteiger partial charge in [0.05, 0.1) is 16.0 Å². The molecule has 1 aromatic carbocycles. The van der Waals surface area contributed by atoms with Crippen LogP contribution in [0.4, 0.5) is 8.78 Å². The van der Waals surface area contributed by atoms with E-state index in [0.29, 0.717) is 11.3 Å². The SMILES string of the molecule is C[C@H](N)c1nc2c(F)c(Br)c(F)cc2[nH]1. The Hall–Kier alpha value is -1.01. The van der Waals surface area contributed by atoms with Crippen LogP contribution in [-0.4, -0.2) is 9.97 Å². The van der Waals surface area contributed by atoms with E-state index in [9.17, 15) is 8.78 Å². The Morgan fingerprint density at radius 2 is 2.20 bits per heavy atom. The molecule has 80 valence electrons. The van der Waals surface area contributed by atoms with Crippen molar-refractivity contribution in [3.05, 3.63) is 28.0 Å². The van der Waals surface area contributed by atoms with Gasteiger partial charge in [0.1, 0.15) is 17.2 Å². The Kier molecular flexibility index (Phi) is 2.47. The second-order valence-corrected chi connectivity index (χ2v) is 4.09. The lowest BCUT2D eigenvalue weighted by Gasteiger charge is -1.96. The van der Waals surface area contributed by atoms with Crippen molar-refractivity contribution in [3.8, 4) is 0 Å². The van der Waals surface area contributed by atoms with Crippen LogP contribution < -0.4 is 5.73 Å². The second kappa shape index (κ2) is 3.53. The highest BCUT2D eigenvalue weighted by molar-refractivity contribution is 9.10. The zero-order valence-electron chi connectivity index (χ0n) is 7.81. The van der Waals surface area contributed by atoms with E-state index >= 15 is 0 Å². The van der Waals surface area contributed by atoms with Crippen LogP contribution in [0.25, 0.3) is 11.0 Å². The zero-order chi connectivity index (χ0) is 11.2. The lowest BCUT2D eigenvalue weighted by Crippen LogP contribution is -2.06. The van der Waals surface area contributed by atoms with E-state index in [-0.39, 0.29) is 16.0 Å². The number of hydrogen-bond donors (Lipinski definition) is 2. The Morgan fingerprint density at radius 3 is 2.80 bits per heavy atom. The van der Waals surface area contributed by atoms with Crippen molar-refractivity contribution < 1.29 is 8.78 Å². The Morgan fingerprint density at radius 1 is 1.53 bits per heavy atom. The summed E-state index contributed by atoms with van der Waals surface area (Å²) in [6.07, 6.45) is 0. The van der Waals surface area contributed by atoms with Crippen molar-refractivity contribution >= 4 is 27.0 Å². The van der Waals surface area contributed by atoms with Crippen LogP contribution >= 0.6 is 15.9 Å². The topological polar surface area (TPSA) is 54.7 Å². The van der Waals surface area contributed by atoms with E-state index < -0.39 is 11.6 Å². The van der Waals surface area contributed by atoms with Crippen LogP contribution in [0.2, 0.25) is 0 Å². The van der Waals surface area contributed by atoms with Crippen molar-refractivity contribution in [1.82, 2.24) is 9.97 Å². The molecule has 0 aliphatic carbocycles. The minimum absolute atomic E-state index is 0.0931. The number of nitrogens with zero attached hydrogens (tertiary/aromatic N) is 1. The van der Waals surface area contributed by atoms with Gasteiger partial charge in [-0.2, -0.15) is 0 Å². The molecule has 0 spiro atoms. The highest BCUT2D eigenvalue weighted by Gasteiger charge is 2.16. The fraction of sp³-hybridized carbons (Fsp3) is 0.222. The van der Waals surface area contributed by atoms with Gasteiger partial charge in [-0.15, -0.1) is 0 Å². The van der Waals surface area contributed by atoms with Gasteiger partial charge in [-0.05, 0) is 22.9 Å². The van der Waals surface area contributed by atoms with Gasteiger partial charge < -0.3 is 10.7 Å². The van der Waals surface area contributed by atoms with Gasteiger partial charge in [0.15, 0.2) is 5.82 Å². The van der Waals surface area contributed by atoms with Crippen molar-refractivity contribution in [1.29, 1.82) is 0 Å². The Labute approximate surface area is 92.8 Å². The summed E-state index contributed by atoms with van der Waals surface area (Å²) in [7, 11) is 0. The quantitative estimate of drug-likeness (QED) is 0.787. The molecule has 0 unspecified atom stereocenters. The molecule has 0 fully saturated rings. The monoisotopic (exact) mass is 275 g/mol. The van der Waals surface area contributed by atoms with Crippen LogP contribution in [0.15, 0.2) is 10.5 Å². The van der Waals surface area contributed by atoms with Gasteiger partial charge in [-0.1, -0.05) is 0 Å². The van der Waals surface area contributed by atoms with Crippen LogP contribution in [0.1, 0.15) is 18.8 Å². The van der Waals surface area contributed by atoms with E-state index in [1.54, 1.807) is 6.92 Å². The molecule has 2 rings (SSSR count). The van der Waals surface area contributed by atoms with E-state index in [4.69, 9.17) is 5.73 Å². The molecule has 3 N–H and O–H groups in total. The molecule has 1 atom stereocenters. The fourth-order valence-electron chi connectivity index (χ4n) is 1.29. The summed E-state index contributed by atoms with van der Waals surface area (Å²) in [5.74, 6) is -0.950. The maximum Gasteiger partial charge on any atom is 0.168 e. The van der Waals surface area contributed by atoms with E-state index in [1.807, 2.05) is 0 Å². The smallest absolute Gasteiger partial charge is 0.168 e. The highest BCUT2D eigenvalue weighted by atomic mass is 79.9. The lowest BCUT2D eigenvalue weighted by molar-refractivity contribution is 0.579. The number of hydrogen-bond acceptors (Lipinski definition) is 2. The normalized spacial score (nSPS) is 13.4. The minimum Gasteiger partial charge on any atom is -0.340 e. The highest BCUT2D eigenvalue weighted by Crippen LogP contribution is 2.27. The minimum atomic E-state index is -0.715. The number of imidazole rings is 1. The van der Waals surface area contributed by atoms with Gasteiger partial charge in [0.2, 0.25) is 0 Å². The molecule has 0 aliphatic heterocycles. The first-order chi connectivity index (χ1) is 7.00. The number of benzene rings is 1. The summed E-state index contributed by atoms with van der Waals surface area (Å²) in [4.78, 5) is 6.73. The molecule has 6 heteroatoms. The van der Waals surface area contributed by atoms with Gasteiger partial charge >= 0.3 is 0 Å². The third kappa shape index (κ3) is 1.63. The summed E-state index contributed by atoms with van der Waals surface area (Å²) >= 11 is 2.81. The number of H-pyrrole nitrogens is 1. The molecule has 0 amide bonds. The molecule has 1 aromatic heterocycles. The molecular weight excluding hydrogens is 268 g/mol. The number of nitrogens with one attached hydrogen (secondary N) is 1. The first-order valence-corrected chi connectivity index (χ1v) is 5.08. The summed E-state index contributed by atoms with van der Waals surface area (Å²) in [6, 6.07) is 0.833. The molecule has 3 nitrogen and oxygen atoms in total. The van der Waals surface area contributed by atoms with Gasteiger partial charge in [0.25, 0.3) is 0 Å². The molecular formula is C9H8BrF2N3.